The molecule has 0 spiro atoms. The molecule has 1 saturated heterocycles. The second-order valence-corrected chi connectivity index (χ2v) is 6.22. The minimum absolute atomic E-state index is 0.111. The van der Waals surface area contributed by atoms with Crippen LogP contribution in [0.25, 0.3) is 0 Å². The van der Waals surface area contributed by atoms with Crippen molar-refractivity contribution in [3.05, 3.63) is 59.5 Å². The molecule has 0 atom stereocenters. The van der Waals surface area contributed by atoms with Crippen LogP contribution >= 0.6 is 0 Å². The summed E-state index contributed by atoms with van der Waals surface area (Å²) in [6.45, 7) is 1.72. The molecule has 0 radical (unpaired) electrons. The first kappa shape index (κ1) is 16.4. The van der Waals surface area contributed by atoms with Crippen LogP contribution < -0.4 is 10.2 Å². The first-order chi connectivity index (χ1) is 11.7. The van der Waals surface area contributed by atoms with Crippen molar-refractivity contribution in [1.82, 2.24) is 10.3 Å². The van der Waals surface area contributed by atoms with Gasteiger partial charge >= 0.3 is 0 Å². The number of rotatable bonds is 4. The number of anilines is 1. The molecule has 2 aromatic rings. The van der Waals surface area contributed by atoms with Gasteiger partial charge in [0.2, 0.25) is 0 Å². The molecule has 1 fully saturated rings. The van der Waals surface area contributed by atoms with Gasteiger partial charge in [0.25, 0.3) is 5.91 Å². The van der Waals surface area contributed by atoms with E-state index in [1.807, 2.05) is 6.07 Å². The number of nitrogens with one attached hydrogen (secondary N) is 1. The predicted molar refractivity (Wildman–Crippen MR) is 92.7 cm³/mol. The maximum Gasteiger partial charge on any atom is 0.254 e. The summed E-state index contributed by atoms with van der Waals surface area (Å²) in [6.07, 6.45) is 4.65. The van der Waals surface area contributed by atoms with Gasteiger partial charge in [0, 0.05) is 26.3 Å². The van der Waals surface area contributed by atoms with Crippen LogP contribution in [-0.2, 0) is 6.42 Å². The SMILES string of the molecule is CNC(=O)c1cccnc1N1CCC(Cc2cccc(F)c2)CC1. The second-order valence-electron chi connectivity index (χ2n) is 6.22. The van der Waals surface area contributed by atoms with Crippen molar-refractivity contribution in [3.63, 3.8) is 0 Å². The van der Waals surface area contributed by atoms with E-state index in [-0.39, 0.29) is 11.7 Å². The van der Waals surface area contributed by atoms with Crippen molar-refractivity contribution in [2.75, 3.05) is 25.0 Å². The highest BCUT2D eigenvalue weighted by Gasteiger charge is 2.23. The van der Waals surface area contributed by atoms with Crippen molar-refractivity contribution >= 4 is 11.7 Å². The molecule has 3 rings (SSSR count). The monoisotopic (exact) mass is 327 g/mol. The van der Waals surface area contributed by atoms with E-state index in [9.17, 15) is 9.18 Å². The quantitative estimate of drug-likeness (QED) is 0.939. The van der Waals surface area contributed by atoms with E-state index in [1.165, 1.54) is 6.07 Å². The zero-order chi connectivity index (χ0) is 16.9. The molecular weight excluding hydrogens is 305 g/mol. The molecular formula is C19H22FN3O. The molecule has 126 valence electrons. The number of piperidine rings is 1. The summed E-state index contributed by atoms with van der Waals surface area (Å²) in [4.78, 5) is 18.6. The zero-order valence-corrected chi connectivity index (χ0v) is 13.8. The van der Waals surface area contributed by atoms with E-state index in [0.717, 1.165) is 43.7 Å². The van der Waals surface area contributed by atoms with Crippen molar-refractivity contribution in [2.45, 2.75) is 19.3 Å². The Morgan fingerprint density at radius 1 is 1.29 bits per heavy atom. The predicted octanol–water partition coefficient (Wildman–Crippen LogP) is 3.04. The van der Waals surface area contributed by atoms with Gasteiger partial charge in [-0.2, -0.15) is 0 Å². The molecule has 1 aliphatic heterocycles. The second kappa shape index (κ2) is 7.43. The van der Waals surface area contributed by atoms with Crippen LogP contribution in [0.3, 0.4) is 0 Å². The molecule has 1 N–H and O–H groups in total. The van der Waals surface area contributed by atoms with Gasteiger partial charge in [0.1, 0.15) is 11.6 Å². The lowest BCUT2D eigenvalue weighted by atomic mass is 9.90. The number of hydrogen-bond acceptors (Lipinski definition) is 3. The number of aromatic nitrogens is 1. The smallest absolute Gasteiger partial charge is 0.254 e. The fourth-order valence-electron chi connectivity index (χ4n) is 3.31. The molecule has 1 amide bonds. The summed E-state index contributed by atoms with van der Waals surface area (Å²) in [5, 5.41) is 2.67. The lowest BCUT2D eigenvalue weighted by Gasteiger charge is -2.33. The average molecular weight is 327 g/mol. The Bertz CT molecular complexity index is 711. The largest absolute Gasteiger partial charge is 0.356 e. The lowest BCUT2D eigenvalue weighted by molar-refractivity contribution is 0.0963. The van der Waals surface area contributed by atoms with E-state index in [0.29, 0.717) is 11.5 Å². The molecule has 2 heterocycles. The van der Waals surface area contributed by atoms with Gasteiger partial charge in [0.15, 0.2) is 0 Å². The van der Waals surface area contributed by atoms with E-state index in [4.69, 9.17) is 0 Å². The molecule has 0 aliphatic carbocycles. The maximum atomic E-state index is 13.3. The molecule has 1 aliphatic rings. The van der Waals surface area contributed by atoms with Crippen LogP contribution in [0.2, 0.25) is 0 Å². The van der Waals surface area contributed by atoms with Gasteiger partial charge in [-0.15, -0.1) is 0 Å². The number of benzene rings is 1. The Morgan fingerprint density at radius 3 is 2.79 bits per heavy atom. The first-order valence-electron chi connectivity index (χ1n) is 8.34. The molecule has 1 aromatic heterocycles. The molecule has 0 saturated carbocycles. The van der Waals surface area contributed by atoms with Gasteiger partial charge < -0.3 is 10.2 Å². The minimum Gasteiger partial charge on any atom is -0.356 e. The van der Waals surface area contributed by atoms with Crippen molar-refractivity contribution in [3.8, 4) is 0 Å². The summed E-state index contributed by atoms with van der Waals surface area (Å²) in [5.41, 5.74) is 1.67. The molecule has 0 unspecified atom stereocenters. The van der Waals surface area contributed by atoms with Crippen molar-refractivity contribution in [1.29, 1.82) is 0 Å². The van der Waals surface area contributed by atoms with Crippen molar-refractivity contribution in [2.24, 2.45) is 5.92 Å². The first-order valence-corrected chi connectivity index (χ1v) is 8.34. The van der Waals surface area contributed by atoms with Crippen LogP contribution in [0.1, 0.15) is 28.8 Å². The fraction of sp³-hybridized carbons (Fsp3) is 0.368. The van der Waals surface area contributed by atoms with Gasteiger partial charge in [-0.25, -0.2) is 9.37 Å². The van der Waals surface area contributed by atoms with E-state index in [2.05, 4.69) is 15.2 Å². The van der Waals surface area contributed by atoms with E-state index < -0.39 is 0 Å². The number of carbonyl (C=O) groups is 1. The number of amides is 1. The molecule has 0 bridgehead atoms. The molecule has 4 nitrogen and oxygen atoms in total. The Kier molecular flexibility index (Phi) is 5.08. The molecule has 24 heavy (non-hydrogen) atoms. The standard InChI is InChI=1S/C19H22FN3O/c1-21-19(24)17-6-3-9-22-18(17)23-10-7-14(8-11-23)12-15-4-2-5-16(20)13-15/h2-6,9,13-14H,7-8,10-12H2,1H3,(H,21,24). The van der Waals surface area contributed by atoms with Gasteiger partial charge in [0.05, 0.1) is 5.56 Å². The van der Waals surface area contributed by atoms with Gasteiger partial charge in [-0.1, -0.05) is 12.1 Å². The average Bonchev–Trinajstić information content (AvgIpc) is 2.62. The number of carbonyl (C=O) groups excluding carboxylic acids is 1. The summed E-state index contributed by atoms with van der Waals surface area (Å²) in [7, 11) is 1.63. The molecule has 1 aromatic carbocycles. The summed E-state index contributed by atoms with van der Waals surface area (Å²) >= 11 is 0. The Hall–Kier alpha value is -2.43. The maximum absolute atomic E-state index is 13.3. The number of hydrogen-bond donors (Lipinski definition) is 1. The van der Waals surface area contributed by atoms with Crippen molar-refractivity contribution < 1.29 is 9.18 Å². The third-order valence-electron chi connectivity index (χ3n) is 4.59. The zero-order valence-electron chi connectivity index (χ0n) is 13.8. The lowest BCUT2D eigenvalue weighted by Crippen LogP contribution is -2.36. The van der Waals surface area contributed by atoms with Gasteiger partial charge in [-0.05, 0) is 55.0 Å². The fourth-order valence-corrected chi connectivity index (χ4v) is 3.31. The minimum atomic E-state index is -0.173. The highest BCUT2D eigenvalue weighted by molar-refractivity contribution is 5.98. The van der Waals surface area contributed by atoms with Crippen LogP contribution in [0.4, 0.5) is 10.2 Å². The van der Waals surface area contributed by atoms with Gasteiger partial charge in [-0.3, -0.25) is 4.79 Å². The normalized spacial score (nSPS) is 15.3. The highest BCUT2D eigenvalue weighted by atomic mass is 19.1. The van der Waals surface area contributed by atoms with Crippen LogP contribution in [0.15, 0.2) is 42.6 Å². The third kappa shape index (κ3) is 3.72. The Morgan fingerprint density at radius 2 is 2.08 bits per heavy atom. The summed E-state index contributed by atoms with van der Waals surface area (Å²) in [5.74, 6) is 1.00. The topological polar surface area (TPSA) is 45.2 Å². The van der Waals surface area contributed by atoms with Crippen LogP contribution in [-0.4, -0.2) is 31.0 Å². The number of pyridine rings is 1. The number of nitrogens with zero attached hydrogens (tertiary/aromatic N) is 2. The third-order valence-corrected chi connectivity index (χ3v) is 4.59. The van der Waals surface area contributed by atoms with Crippen LogP contribution in [0.5, 0.6) is 0 Å². The Labute approximate surface area is 141 Å². The van der Waals surface area contributed by atoms with E-state index in [1.54, 1.807) is 37.5 Å². The number of halogens is 1. The summed E-state index contributed by atoms with van der Waals surface area (Å²) < 4.78 is 13.3. The highest BCUT2D eigenvalue weighted by Crippen LogP contribution is 2.26. The Balaban J connectivity index is 1.64. The van der Waals surface area contributed by atoms with E-state index >= 15 is 0 Å². The summed E-state index contributed by atoms with van der Waals surface area (Å²) in [6, 6.07) is 10.4. The van der Waals surface area contributed by atoms with Crippen LogP contribution in [0, 0.1) is 11.7 Å². The molecule has 5 heteroatoms.